The molecule has 1 heterocycles. The molecule has 2 fully saturated rings. The molecule has 0 aromatic rings. The van der Waals surface area contributed by atoms with E-state index in [1.807, 2.05) is 0 Å². The Morgan fingerprint density at radius 1 is 1.35 bits per heavy atom. The minimum absolute atomic E-state index is 0.210. The lowest BCUT2D eigenvalue weighted by atomic mass is 9.81. The highest BCUT2D eigenvalue weighted by atomic mass is 15.3. The third-order valence-corrected chi connectivity index (χ3v) is 5.64. The number of rotatable bonds is 4. The van der Waals surface area contributed by atoms with Crippen molar-refractivity contribution in [2.24, 2.45) is 11.1 Å². The van der Waals surface area contributed by atoms with Crippen LogP contribution in [-0.2, 0) is 0 Å². The van der Waals surface area contributed by atoms with Gasteiger partial charge in [-0.1, -0.05) is 13.8 Å². The van der Waals surface area contributed by atoms with Gasteiger partial charge in [0.05, 0.1) is 0 Å². The first-order valence-electron chi connectivity index (χ1n) is 7.12. The van der Waals surface area contributed by atoms with E-state index in [-0.39, 0.29) is 5.54 Å². The molecule has 100 valence electrons. The number of likely N-dealkylation sites (N-methyl/N-ethyl adjacent to an activating group) is 1. The molecule has 0 bridgehead atoms. The van der Waals surface area contributed by atoms with Crippen LogP contribution >= 0.6 is 0 Å². The van der Waals surface area contributed by atoms with E-state index < -0.39 is 0 Å². The van der Waals surface area contributed by atoms with Crippen LogP contribution in [0.5, 0.6) is 0 Å². The van der Waals surface area contributed by atoms with Crippen molar-refractivity contribution in [2.45, 2.75) is 51.6 Å². The van der Waals surface area contributed by atoms with Gasteiger partial charge in [-0.2, -0.15) is 0 Å². The lowest BCUT2D eigenvalue weighted by molar-refractivity contribution is -0.0140. The summed E-state index contributed by atoms with van der Waals surface area (Å²) in [4.78, 5) is 5.18. The maximum Gasteiger partial charge on any atom is 0.0358 e. The zero-order chi connectivity index (χ0) is 12.7. The molecular formula is C14H29N3. The van der Waals surface area contributed by atoms with Crippen LogP contribution < -0.4 is 5.73 Å². The van der Waals surface area contributed by atoms with Gasteiger partial charge in [0.15, 0.2) is 0 Å². The van der Waals surface area contributed by atoms with E-state index in [0.717, 1.165) is 6.54 Å². The fourth-order valence-electron chi connectivity index (χ4n) is 3.32. The van der Waals surface area contributed by atoms with Crippen molar-refractivity contribution in [3.05, 3.63) is 0 Å². The Morgan fingerprint density at radius 3 is 2.47 bits per heavy atom. The highest BCUT2D eigenvalue weighted by Gasteiger charge is 2.55. The van der Waals surface area contributed by atoms with E-state index in [1.165, 1.54) is 38.9 Å². The summed E-state index contributed by atoms with van der Waals surface area (Å²) in [6.07, 6.45) is 3.94. The minimum Gasteiger partial charge on any atom is -0.329 e. The standard InChI is InChI=1S/C14H29N3/c1-5-12-10-17(9-8-16(12)4)14(3,11-15)13(2)6-7-13/h12H,5-11,15H2,1-4H3. The molecule has 1 saturated carbocycles. The second kappa shape index (κ2) is 4.52. The van der Waals surface area contributed by atoms with Gasteiger partial charge in [-0.25, -0.2) is 0 Å². The molecule has 2 aliphatic rings. The second-order valence-electron chi connectivity index (χ2n) is 6.53. The maximum atomic E-state index is 6.13. The van der Waals surface area contributed by atoms with Crippen molar-refractivity contribution in [2.75, 3.05) is 33.2 Å². The molecule has 0 spiro atoms. The van der Waals surface area contributed by atoms with E-state index in [9.17, 15) is 0 Å². The van der Waals surface area contributed by atoms with Gasteiger partial charge in [-0.15, -0.1) is 0 Å². The summed E-state index contributed by atoms with van der Waals surface area (Å²) in [6, 6.07) is 0.706. The van der Waals surface area contributed by atoms with Gasteiger partial charge in [0.2, 0.25) is 0 Å². The van der Waals surface area contributed by atoms with Gasteiger partial charge in [-0.3, -0.25) is 4.90 Å². The molecule has 2 atom stereocenters. The number of piperazine rings is 1. The van der Waals surface area contributed by atoms with Gasteiger partial charge in [0, 0.05) is 37.8 Å². The van der Waals surface area contributed by atoms with Gasteiger partial charge >= 0.3 is 0 Å². The summed E-state index contributed by atoms with van der Waals surface area (Å²) in [5, 5.41) is 0. The van der Waals surface area contributed by atoms with Crippen molar-refractivity contribution < 1.29 is 0 Å². The molecule has 1 aliphatic heterocycles. The summed E-state index contributed by atoms with van der Waals surface area (Å²) >= 11 is 0. The topological polar surface area (TPSA) is 32.5 Å². The lowest BCUT2D eigenvalue weighted by Gasteiger charge is -2.51. The third kappa shape index (κ3) is 2.13. The monoisotopic (exact) mass is 239 g/mol. The molecule has 0 amide bonds. The first-order chi connectivity index (χ1) is 7.97. The SMILES string of the molecule is CCC1CN(C(C)(CN)C2(C)CC2)CCN1C. The smallest absolute Gasteiger partial charge is 0.0358 e. The van der Waals surface area contributed by atoms with E-state index in [2.05, 4.69) is 37.6 Å². The minimum atomic E-state index is 0.210. The third-order valence-electron chi connectivity index (χ3n) is 5.64. The van der Waals surface area contributed by atoms with Gasteiger partial charge in [0.1, 0.15) is 0 Å². The van der Waals surface area contributed by atoms with E-state index in [4.69, 9.17) is 5.73 Å². The molecule has 3 heteroatoms. The Bertz CT molecular complexity index is 275. The van der Waals surface area contributed by atoms with Crippen LogP contribution in [0.25, 0.3) is 0 Å². The number of nitrogens with two attached hydrogens (primary N) is 1. The molecule has 3 nitrogen and oxygen atoms in total. The Kier molecular flexibility index (Phi) is 3.54. The quantitative estimate of drug-likeness (QED) is 0.807. The molecule has 1 saturated heterocycles. The molecule has 2 unspecified atom stereocenters. The van der Waals surface area contributed by atoms with Gasteiger partial charge < -0.3 is 10.6 Å². The number of nitrogens with zero attached hydrogens (tertiary/aromatic N) is 2. The maximum absolute atomic E-state index is 6.13. The van der Waals surface area contributed by atoms with Crippen LogP contribution in [0.4, 0.5) is 0 Å². The summed E-state index contributed by atoms with van der Waals surface area (Å²) in [5.41, 5.74) is 6.81. The fraction of sp³-hybridized carbons (Fsp3) is 1.00. The highest BCUT2D eigenvalue weighted by molar-refractivity contribution is 5.10. The van der Waals surface area contributed by atoms with Crippen molar-refractivity contribution >= 4 is 0 Å². The average molecular weight is 239 g/mol. The molecule has 0 aromatic carbocycles. The predicted molar refractivity (Wildman–Crippen MR) is 73.1 cm³/mol. The molecule has 2 N–H and O–H groups in total. The van der Waals surface area contributed by atoms with E-state index in [0.29, 0.717) is 11.5 Å². The van der Waals surface area contributed by atoms with E-state index >= 15 is 0 Å². The van der Waals surface area contributed by atoms with E-state index in [1.54, 1.807) is 0 Å². The Hall–Kier alpha value is -0.120. The molecule has 17 heavy (non-hydrogen) atoms. The Balaban J connectivity index is 2.10. The van der Waals surface area contributed by atoms with Crippen LogP contribution in [0.15, 0.2) is 0 Å². The molecule has 0 radical (unpaired) electrons. The second-order valence-corrected chi connectivity index (χ2v) is 6.53. The fourth-order valence-corrected chi connectivity index (χ4v) is 3.32. The summed E-state index contributed by atoms with van der Waals surface area (Å²) < 4.78 is 0. The van der Waals surface area contributed by atoms with Crippen LogP contribution in [0.2, 0.25) is 0 Å². The summed E-state index contributed by atoms with van der Waals surface area (Å²) in [7, 11) is 2.25. The molecule has 0 aromatic heterocycles. The van der Waals surface area contributed by atoms with Crippen LogP contribution in [-0.4, -0.2) is 54.6 Å². The van der Waals surface area contributed by atoms with Crippen molar-refractivity contribution in [3.8, 4) is 0 Å². The van der Waals surface area contributed by atoms with Crippen LogP contribution in [0.1, 0.15) is 40.0 Å². The number of hydrogen-bond acceptors (Lipinski definition) is 3. The van der Waals surface area contributed by atoms with Crippen LogP contribution in [0, 0.1) is 5.41 Å². The zero-order valence-corrected chi connectivity index (χ0v) is 12.0. The van der Waals surface area contributed by atoms with Crippen LogP contribution in [0.3, 0.4) is 0 Å². The molecule has 2 rings (SSSR count). The Morgan fingerprint density at radius 2 is 2.00 bits per heavy atom. The summed E-state index contributed by atoms with van der Waals surface area (Å²) in [6.45, 7) is 11.4. The number of hydrogen-bond donors (Lipinski definition) is 1. The largest absolute Gasteiger partial charge is 0.329 e. The normalized spacial score (nSPS) is 33.4. The zero-order valence-electron chi connectivity index (χ0n) is 12.0. The first kappa shape index (κ1) is 13.3. The molecular weight excluding hydrogens is 210 g/mol. The van der Waals surface area contributed by atoms with Crippen molar-refractivity contribution in [1.82, 2.24) is 9.80 Å². The predicted octanol–water partition coefficient (Wildman–Crippen LogP) is 1.53. The summed E-state index contributed by atoms with van der Waals surface area (Å²) in [5.74, 6) is 0. The Labute approximate surface area is 106 Å². The van der Waals surface area contributed by atoms with Gasteiger partial charge in [-0.05, 0) is 38.6 Å². The molecule has 1 aliphatic carbocycles. The van der Waals surface area contributed by atoms with Crippen molar-refractivity contribution in [1.29, 1.82) is 0 Å². The average Bonchev–Trinajstić information content (AvgIpc) is 3.08. The van der Waals surface area contributed by atoms with Crippen molar-refractivity contribution in [3.63, 3.8) is 0 Å². The van der Waals surface area contributed by atoms with Gasteiger partial charge in [0.25, 0.3) is 0 Å². The first-order valence-corrected chi connectivity index (χ1v) is 7.12. The lowest BCUT2D eigenvalue weighted by Crippen LogP contribution is -2.64. The highest BCUT2D eigenvalue weighted by Crippen LogP contribution is 2.55.